The minimum Gasteiger partial charge on any atom is -0.497 e. The van der Waals surface area contributed by atoms with Gasteiger partial charge in [-0.2, -0.15) is 10.2 Å². The Bertz CT molecular complexity index is 1160. The molecule has 1 aromatic heterocycles. The van der Waals surface area contributed by atoms with Gasteiger partial charge in [-0.25, -0.2) is 0 Å². The number of likely N-dealkylation sites (tertiary alicyclic amines) is 1. The molecule has 3 aromatic rings. The normalized spacial score (nSPS) is 14.7. The standard InChI is InChI=1S/C27H32N4O4/c1-19-9-5-6-10-24(19)34-18-26-30-22(16-28)27(35-26)29-17-23(31-13-7-4-8-14-31)21-15-20(32-2)11-12-25(21)33-3/h5-6,9-12,15,23,29H,4,7-8,13-14,17-18H2,1-3H3. The van der Waals surface area contributed by atoms with E-state index in [0.29, 0.717) is 18.3 Å². The Balaban J connectivity index is 1.54. The lowest BCUT2D eigenvalue weighted by Gasteiger charge is -2.35. The Morgan fingerprint density at radius 1 is 1.09 bits per heavy atom. The van der Waals surface area contributed by atoms with E-state index < -0.39 is 0 Å². The maximum atomic E-state index is 9.64. The summed E-state index contributed by atoms with van der Waals surface area (Å²) >= 11 is 0. The fraction of sp³-hybridized carbons (Fsp3) is 0.407. The van der Waals surface area contributed by atoms with Gasteiger partial charge in [0.25, 0.3) is 0 Å². The second-order valence-electron chi connectivity index (χ2n) is 8.55. The second kappa shape index (κ2) is 11.6. The number of methoxy groups -OCH3 is 2. The first-order valence-electron chi connectivity index (χ1n) is 11.9. The first kappa shape index (κ1) is 24.4. The van der Waals surface area contributed by atoms with Crippen LogP contribution in [0.1, 0.15) is 48.0 Å². The maximum Gasteiger partial charge on any atom is 0.236 e. The van der Waals surface area contributed by atoms with E-state index in [-0.39, 0.29) is 18.3 Å². The van der Waals surface area contributed by atoms with Crippen LogP contribution < -0.4 is 19.5 Å². The van der Waals surface area contributed by atoms with E-state index in [2.05, 4.69) is 21.3 Å². The van der Waals surface area contributed by atoms with Crippen LogP contribution >= 0.6 is 0 Å². The molecule has 1 N–H and O–H groups in total. The number of aryl methyl sites for hydroxylation is 1. The van der Waals surface area contributed by atoms with Gasteiger partial charge >= 0.3 is 0 Å². The molecule has 1 unspecified atom stereocenters. The maximum absolute atomic E-state index is 9.64. The molecular formula is C27H32N4O4. The van der Waals surface area contributed by atoms with Gasteiger partial charge < -0.3 is 23.9 Å². The number of aromatic nitrogens is 1. The lowest BCUT2D eigenvalue weighted by Crippen LogP contribution is -2.37. The summed E-state index contributed by atoms with van der Waals surface area (Å²) in [5.74, 6) is 3.03. The molecular weight excluding hydrogens is 444 g/mol. The van der Waals surface area contributed by atoms with Crippen LogP contribution in [0.4, 0.5) is 5.88 Å². The minimum atomic E-state index is 0.00339. The van der Waals surface area contributed by atoms with E-state index in [4.69, 9.17) is 18.6 Å². The molecule has 2 heterocycles. The number of rotatable bonds is 10. The van der Waals surface area contributed by atoms with Crippen molar-refractivity contribution in [3.05, 3.63) is 65.2 Å². The van der Waals surface area contributed by atoms with Crippen LogP contribution in [0.3, 0.4) is 0 Å². The molecule has 1 aliphatic rings. The third-order valence-electron chi connectivity index (χ3n) is 6.31. The van der Waals surface area contributed by atoms with Gasteiger partial charge in [0.1, 0.15) is 23.3 Å². The van der Waals surface area contributed by atoms with Crippen molar-refractivity contribution in [1.29, 1.82) is 5.26 Å². The number of nitrogens with one attached hydrogen (secondary N) is 1. The monoisotopic (exact) mass is 476 g/mol. The van der Waals surface area contributed by atoms with Gasteiger partial charge in [-0.15, -0.1) is 0 Å². The van der Waals surface area contributed by atoms with Crippen molar-refractivity contribution < 1.29 is 18.6 Å². The molecule has 8 heteroatoms. The molecule has 2 aromatic carbocycles. The summed E-state index contributed by atoms with van der Waals surface area (Å²) in [6.07, 6.45) is 3.53. The van der Waals surface area contributed by atoms with Crippen LogP contribution in [-0.2, 0) is 6.61 Å². The van der Waals surface area contributed by atoms with Crippen LogP contribution in [0, 0.1) is 18.3 Å². The SMILES string of the molecule is COc1ccc(OC)c(C(CNc2oc(COc3ccccc3C)nc2C#N)N2CCCCC2)c1. The number of benzene rings is 2. The van der Waals surface area contributed by atoms with Gasteiger partial charge in [0.05, 0.1) is 20.3 Å². The van der Waals surface area contributed by atoms with Crippen molar-refractivity contribution in [3.63, 3.8) is 0 Å². The fourth-order valence-corrected chi connectivity index (χ4v) is 4.43. The van der Waals surface area contributed by atoms with Gasteiger partial charge in [0, 0.05) is 12.1 Å². The lowest BCUT2D eigenvalue weighted by molar-refractivity contribution is 0.167. The Labute approximate surface area is 206 Å². The number of hydrogen-bond donors (Lipinski definition) is 1. The van der Waals surface area contributed by atoms with Gasteiger partial charge in [-0.1, -0.05) is 24.6 Å². The van der Waals surface area contributed by atoms with Gasteiger partial charge in [0.2, 0.25) is 17.5 Å². The molecule has 1 saturated heterocycles. The fourth-order valence-electron chi connectivity index (χ4n) is 4.43. The molecule has 8 nitrogen and oxygen atoms in total. The summed E-state index contributed by atoms with van der Waals surface area (Å²) in [4.78, 5) is 6.77. The minimum absolute atomic E-state index is 0.00339. The molecule has 0 spiro atoms. The highest BCUT2D eigenvalue weighted by atomic mass is 16.5. The van der Waals surface area contributed by atoms with Crippen molar-refractivity contribution in [1.82, 2.24) is 9.88 Å². The summed E-state index contributed by atoms with van der Waals surface area (Å²) < 4.78 is 22.9. The van der Waals surface area contributed by atoms with Crippen LogP contribution in [0.5, 0.6) is 17.2 Å². The molecule has 1 atom stereocenters. The first-order chi connectivity index (χ1) is 17.1. The largest absolute Gasteiger partial charge is 0.497 e. The zero-order valence-electron chi connectivity index (χ0n) is 20.5. The molecule has 0 radical (unpaired) electrons. The van der Waals surface area contributed by atoms with Gasteiger partial charge in [0.15, 0.2) is 6.61 Å². The number of nitrogens with zero attached hydrogens (tertiary/aromatic N) is 3. The van der Waals surface area contributed by atoms with Crippen LogP contribution in [-0.4, -0.2) is 43.7 Å². The van der Waals surface area contributed by atoms with Crippen molar-refractivity contribution >= 4 is 5.88 Å². The third kappa shape index (κ3) is 5.87. The molecule has 1 fully saturated rings. The number of para-hydroxylation sites is 1. The summed E-state index contributed by atoms with van der Waals surface area (Å²) in [5.41, 5.74) is 2.26. The second-order valence-corrected chi connectivity index (χ2v) is 8.55. The molecule has 184 valence electrons. The van der Waals surface area contributed by atoms with E-state index >= 15 is 0 Å². The number of piperidine rings is 1. The summed E-state index contributed by atoms with van der Waals surface area (Å²) in [7, 11) is 3.34. The van der Waals surface area contributed by atoms with Crippen molar-refractivity contribution in [2.24, 2.45) is 0 Å². The van der Waals surface area contributed by atoms with Crippen LogP contribution in [0.25, 0.3) is 0 Å². The van der Waals surface area contributed by atoms with E-state index in [1.165, 1.54) is 6.42 Å². The van der Waals surface area contributed by atoms with Gasteiger partial charge in [-0.05, 0) is 62.7 Å². The van der Waals surface area contributed by atoms with Crippen molar-refractivity contribution in [2.45, 2.75) is 38.8 Å². The van der Waals surface area contributed by atoms with Crippen molar-refractivity contribution in [3.8, 4) is 23.3 Å². The van der Waals surface area contributed by atoms with E-state index in [1.807, 2.05) is 49.4 Å². The van der Waals surface area contributed by atoms with Crippen LogP contribution in [0.15, 0.2) is 46.9 Å². The van der Waals surface area contributed by atoms with Crippen LogP contribution in [0.2, 0.25) is 0 Å². The molecule has 35 heavy (non-hydrogen) atoms. The highest BCUT2D eigenvalue weighted by molar-refractivity contribution is 5.47. The smallest absolute Gasteiger partial charge is 0.236 e. The van der Waals surface area contributed by atoms with E-state index in [0.717, 1.165) is 54.3 Å². The zero-order valence-corrected chi connectivity index (χ0v) is 20.5. The molecule has 1 aliphatic heterocycles. The molecule has 0 bridgehead atoms. The number of anilines is 1. The zero-order chi connectivity index (χ0) is 24.6. The average Bonchev–Trinajstić information content (AvgIpc) is 3.31. The topological polar surface area (TPSA) is 92.8 Å². The predicted octanol–water partition coefficient (Wildman–Crippen LogP) is 5.09. The number of hydrogen-bond acceptors (Lipinski definition) is 8. The summed E-state index contributed by atoms with van der Waals surface area (Å²) in [6, 6.07) is 15.7. The van der Waals surface area contributed by atoms with E-state index in [9.17, 15) is 5.26 Å². The van der Waals surface area contributed by atoms with E-state index in [1.54, 1.807) is 14.2 Å². The average molecular weight is 477 g/mol. The first-order valence-corrected chi connectivity index (χ1v) is 11.9. The third-order valence-corrected chi connectivity index (χ3v) is 6.31. The molecule has 0 amide bonds. The summed E-state index contributed by atoms with van der Waals surface area (Å²) in [6.45, 7) is 4.62. The molecule has 0 aliphatic carbocycles. The molecule has 4 rings (SSSR count). The summed E-state index contributed by atoms with van der Waals surface area (Å²) in [5, 5.41) is 13.0. The number of oxazole rings is 1. The Morgan fingerprint density at radius 2 is 1.89 bits per heavy atom. The molecule has 0 saturated carbocycles. The van der Waals surface area contributed by atoms with Crippen molar-refractivity contribution in [2.75, 3.05) is 39.2 Å². The predicted molar refractivity (Wildman–Crippen MR) is 133 cm³/mol. The highest BCUT2D eigenvalue weighted by Crippen LogP contribution is 2.35. The lowest BCUT2D eigenvalue weighted by atomic mass is 10.00. The number of ether oxygens (including phenoxy) is 3. The van der Waals surface area contributed by atoms with Gasteiger partial charge in [-0.3, -0.25) is 4.90 Å². The Kier molecular flexibility index (Phi) is 8.11. The number of nitriles is 1. The quantitative estimate of drug-likeness (QED) is 0.433. The Morgan fingerprint density at radius 3 is 2.60 bits per heavy atom. The highest BCUT2D eigenvalue weighted by Gasteiger charge is 2.26. The Hall–Kier alpha value is -3.70.